The molecule has 0 saturated heterocycles. The molecule has 1 atom stereocenters. The van der Waals surface area contributed by atoms with Crippen molar-refractivity contribution in [2.45, 2.75) is 44.9 Å². The van der Waals surface area contributed by atoms with Crippen molar-refractivity contribution in [2.75, 3.05) is 0 Å². The van der Waals surface area contributed by atoms with Crippen LogP contribution in [0, 0.1) is 6.92 Å². The maximum absolute atomic E-state index is 13.0. The van der Waals surface area contributed by atoms with Crippen molar-refractivity contribution in [2.24, 2.45) is 0 Å². The molecule has 4 nitrogen and oxygen atoms in total. The Kier molecular flexibility index (Phi) is 4.49. The minimum absolute atomic E-state index is 0.0279. The Balaban J connectivity index is 1.90. The van der Waals surface area contributed by atoms with E-state index in [0.717, 1.165) is 25.0 Å². The van der Waals surface area contributed by atoms with E-state index in [0.29, 0.717) is 11.3 Å². The van der Waals surface area contributed by atoms with Gasteiger partial charge >= 0.3 is 6.18 Å². The summed E-state index contributed by atoms with van der Waals surface area (Å²) >= 11 is 0. The molecule has 1 fully saturated rings. The summed E-state index contributed by atoms with van der Waals surface area (Å²) in [5, 5.41) is 0. The SMILES string of the molecule is Cc1cnc(C(=O)N(C2CC2)[C@@H](C)c2cccc(C(F)(F)F)c2)cn1. The molecule has 2 aromatic rings. The van der Waals surface area contributed by atoms with E-state index >= 15 is 0 Å². The molecule has 1 heterocycles. The smallest absolute Gasteiger partial charge is 0.328 e. The average molecular weight is 349 g/mol. The molecule has 0 bridgehead atoms. The Morgan fingerprint density at radius 3 is 2.52 bits per heavy atom. The quantitative estimate of drug-likeness (QED) is 0.832. The second-order valence-electron chi connectivity index (χ2n) is 6.29. The highest BCUT2D eigenvalue weighted by Crippen LogP contribution is 2.37. The Morgan fingerprint density at radius 2 is 1.96 bits per heavy atom. The van der Waals surface area contributed by atoms with E-state index in [-0.39, 0.29) is 17.6 Å². The fraction of sp³-hybridized carbons (Fsp3) is 0.389. The van der Waals surface area contributed by atoms with Crippen LogP contribution < -0.4 is 0 Å². The van der Waals surface area contributed by atoms with E-state index in [9.17, 15) is 18.0 Å². The van der Waals surface area contributed by atoms with Crippen LogP contribution in [0.15, 0.2) is 36.7 Å². The second kappa shape index (κ2) is 6.46. The van der Waals surface area contributed by atoms with E-state index in [1.54, 1.807) is 24.8 Å². The fourth-order valence-corrected chi connectivity index (χ4v) is 2.78. The van der Waals surface area contributed by atoms with Crippen LogP contribution in [-0.2, 0) is 6.18 Å². The summed E-state index contributed by atoms with van der Waals surface area (Å²) in [5.74, 6) is -0.306. The number of halogens is 3. The van der Waals surface area contributed by atoms with Gasteiger partial charge in [-0.3, -0.25) is 9.78 Å². The van der Waals surface area contributed by atoms with Gasteiger partial charge in [0.15, 0.2) is 0 Å². The summed E-state index contributed by atoms with van der Waals surface area (Å²) in [6, 6.07) is 4.67. The van der Waals surface area contributed by atoms with Crippen molar-refractivity contribution >= 4 is 5.91 Å². The molecule has 25 heavy (non-hydrogen) atoms. The number of alkyl halides is 3. The minimum atomic E-state index is -4.41. The van der Waals surface area contributed by atoms with Crippen LogP contribution in [0.2, 0.25) is 0 Å². The van der Waals surface area contributed by atoms with E-state index in [2.05, 4.69) is 9.97 Å². The summed E-state index contributed by atoms with van der Waals surface area (Å²) < 4.78 is 38.9. The molecule has 0 N–H and O–H groups in total. The van der Waals surface area contributed by atoms with Crippen LogP contribution in [0.5, 0.6) is 0 Å². The van der Waals surface area contributed by atoms with Crippen molar-refractivity contribution in [3.8, 4) is 0 Å². The first-order valence-electron chi connectivity index (χ1n) is 8.06. The molecule has 0 radical (unpaired) electrons. The number of benzene rings is 1. The summed E-state index contributed by atoms with van der Waals surface area (Å²) in [6.45, 7) is 3.51. The van der Waals surface area contributed by atoms with E-state index < -0.39 is 17.8 Å². The number of aryl methyl sites for hydroxylation is 1. The molecule has 1 aromatic carbocycles. The highest BCUT2D eigenvalue weighted by atomic mass is 19.4. The Hall–Kier alpha value is -2.44. The number of amides is 1. The summed E-state index contributed by atoms with van der Waals surface area (Å²) in [7, 11) is 0. The lowest BCUT2D eigenvalue weighted by Gasteiger charge is -2.29. The van der Waals surface area contributed by atoms with Gasteiger partial charge in [0.05, 0.1) is 23.5 Å². The Labute approximate surface area is 143 Å². The predicted octanol–water partition coefficient (Wildman–Crippen LogP) is 4.17. The van der Waals surface area contributed by atoms with Crippen molar-refractivity contribution in [3.63, 3.8) is 0 Å². The van der Waals surface area contributed by atoms with Gasteiger partial charge in [-0.05, 0) is 44.4 Å². The molecule has 0 aliphatic heterocycles. The molecular formula is C18H18F3N3O. The summed E-state index contributed by atoms with van der Waals surface area (Å²) in [6.07, 6.45) is 0.189. The maximum Gasteiger partial charge on any atom is 0.416 e. The molecule has 1 aromatic heterocycles. The van der Waals surface area contributed by atoms with Crippen molar-refractivity contribution in [3.05, 3.63) is 59.2 Å². The molecule has 3 rings (SSSR count). The highest BCUT2D eigenvalue weighted by Gasteiger charge is 2.38. The zero-order valence-corrected chi connectivity index (χ0v) is 13.9. The van der Waals surface area contributed by atoms with Gasteiger partial charge < -0.3 is 4.90 Å². The number of hydrogen-bond donors (Lipinski definition) is 0. The van der Waals surface area contributed by atoms with Gasteiger partial charge in [-0.1, -0.05) is 12.1 Å². The van der Waals surface area contributed by atoms with Crippen molar-refractivity contribution in [1.82, 2.24) is 14.9 Å². The van der Waals surface area contributed by atoms with E-state index in [4.69, 9.17) is 0 Å². The number of aromatic nitrogens is 2. The third-order valence-electron chi connectivity index (χ3n) is 4.29. The van der Waals surface area contributed by atoms with Crippen LogP contribution in [0.4, 0.5) is 13.2 Å². The van der Waals surface area contributed by atoms with Gasteiger partial charge in [0, 0.05) is 12.2 Å². The average Bonchev–Trinajstić information content (AvgIpc) is 3.39. The topological polar surface area (TPSA) is 46.1 Å². The lowest BCUT2D eigenvalue weighted by molar-refractivity contribution is -0.137. The number of carbonyl (C=O) groups excluding carboxylic acids is 1. The summed E-state index contributed by atoms with van der Waals surface area (Å²) in [5.41, 5.74) is 0.641. The van der Waals surface area contributed by atoms with Crippen molar-refractivity contribution in [1.29, 1.82) is 0 Å². The lowest BCUT2D eigenvalue weighted by Crippen LogP contribution is -2.36. The van der Waals surface area contributed by atoms with Crippen LogP contribution in [0.1, 0.15) is 53.1 Å². The van der Waals surface area contributed by atoms with Gasteiger partial charge in [-0.25, -0.2) is 4.98 Å². The van der Waals surface area contributed by atoms with Gasteiger partial charge in [-0.2, -0.15) is 13.2 Å². The zero-order chi connectivity index (χ0) is 18.2. The van der Waals surface area contributed by atoms with Gasteiger partial charge in [0.1, 0.15) is 5.69 Å². The molecule has 1 saturated carbocycles. The molecule has 7 heteroatoms. The first kappa shape index (κ1) is 17.4. The number of rotatable bonds is 4. The van der Waals surface area contributed by atoms with Crippen LogP contribution in [0.3, 0.4) is 0 Å². The minimum Gasteiger partial charge on any atom is -0.328 e. The van der Waals surface area contributed by atoms with Gasteiger partial charge in [0.25, 0.3) is 5.91 Å². The fourth-order valence-electron chi connectivity index (χ4n) is 2.78. The largest absolute Gasteiger partial charge is 0.416 e. The third-order valence-corrected chi connectivity index (χ3v) is 4.29. The number of carbonyl (C=O) groups is 1. The molecular weight excluding hydrogens is 331 g/mol. The molecule has 1 amide bonds. The monoisotopic (exact) mass is 349 g/mol. The first-order valence-corrected chi connectivity index (χ1v) is 8.06. The second-order valence-corrected chi connectivity index (χ2v) is 6.29. The number of hydrogen-bond acceptors (Lipinski definition) is 3. The van der Waals surface area contributed by atoms with Crippen LogP contribution in [-0.4, -0.2) is 26.8 Å². The van der Waals surface area contributed by atoms with Gasteiger partial charge in [-0.15, -0.1) is 0 Å². The van der Waals surface area contributed by atoms with E-state index in [1.165, 1.54) is 18.5 Å². The lowest BCUT2D eigenvalue weighted by atomic mass is 10.0. The normalized spacial score (nSPS) is 15.7. The molecule has 0 unspecified atom stereocenters. The summed E-state index contributed by atoms with van der Waals surface area (Å²) in [4.78, 5) is 22.6. The molecule has 132 valence electrons. The maximum atomic E-state index is 13.0. The van der Waals surface area contributed by atoms with Crippen LogP contribution >= 0.6 is 0 Å². The molecule has 1 aliphatic rings. The zero-order valence-electron chi connectivity index (χ0n) is 13.9. The first-order chi connectivity index (χ1) is 11.8. The van der Waals surface area contributed by atoms with Crippen LogP contribution in [0.25, 0.3) is 0 Å². The Bertz CT molecular complexity index is 770. The molecule has 0 spiro atoms. The third kappa shape index (κ3) is 3.81. The standard InChI is InChI=1S/C18H18F3N3O/c1-11-9-23-16(10-22-11)17(25)24(15-6-7-15)12(2)13-4-3-5-14(8-13)18(19,20)21/h3-5,8-10,12,15H,6-7H2,1-2H3/t12-/m0/s1. The Morgan fingerprint density at radius 1 is 1.24 bits per heavy atom. The highest BCUT2D eigenvalue weighted by molar-refractivity contribution is 5.92. The number of nitrogens with zero attached hydrogens (tertiary/aromatic N) is 3. The van der Waals surface area contributed by atoms with Gasteiger partial charge in [0.2, 0.25) is 0 Å². The molecule has 1 aliphatic carbocycles. The van der Waals surface area contributed by atoms with E-state index in [1.807, 2.05) is 0 Å². The predicted molar refractivity (Wildman–Crippen MR) is 85.8 cm³/mol. The van der Waals surface area contributed by atoms with Crippen molar-refractivity contribution < 1.29 is 18.0 Å².